The predicted octanol–water partition coefficient (Wildman–Crippen LogP) is 2.73. The van der Waals surface area contributed by atoms with Gasteiger partial charge in [0.15, 0.2) is 0 Å². The Morgan fingerprint density at radius 2 is 2.09 bits per heavy atom. The van der Waals surface area contributed by atoms with Crippen LogP contribution in [-0.4, -0.2) is 12.6 Å². The van der Waals surface area contributed by atoms with Crippen LogP contribution >= 0.6 is 0 Å². The molecule has 0 spiro atoms. The Bertz CT molecular complexity index is 80.9. The van der Waals surface area contributed by atoms with Crippen molar-refractivity contribution in [1.29, 1.82) is 0 Å². The molecule has 0 heterocycles. The molecule has 0 aromatic rings. The highest BCUT2D eigenvalue weighted by atomic mass is 14.9. The van der Waals surface area contributed by atoms with Gasteiger partial charge in [-0.3, -0.25) is 0 Å². The first-order valence-electron chi connectivity index (χ1n) is 4.71. The summed E-state index contributed by atoms with van der Waals surface area (Å²) in [5, 5.41) is 3.44. The van der Waals surface area contributed by atoms with Crippen LogP contribution in [0.2, 0.25) is 0 Å². The van der Waals surface area contributed by atoms with Crippen LogP contribution in [-0.2, 0) is 0 Å². The minimum absolute atomic E-state index is 0.537. The van der Waals surface area contributed by atoms with Crippen molar-refractivity contribution < 1.29 is 0 Å². The Kier molecular flexibility index (Phi) is 7.59. The summed E-state index contributed by atoms with van der Waals surface area (Å²) in [6.45, 7) is 9.33. The molecule has 1 atom stereocenters. The SMILES string of the molecule is C=CC(CCCC)NCCC. The van der Waals surface area contributed by atoms with Gasteiger partial charge in [-0.05, 0) is 19.4 Å². The number of unbranched alkanes of at least 4 members (excludes halogenated alkanes) is 1. The van der Waals surface area contributed by atoms with Gasteiger partial charge in [0.05, 0.1) is 0 Å². The van der Waals surface area contributed by atoms with Gasteiger partial charge in [0.1, 0.15) is 0 Å². The van der Waals surface area contributed by atoms with Gasteiger partial charge in [0, 0.05) is 6.04 Å². The lowest BCUT2D eigenvalue weighted by Gasteiger charge is -2.12. The van der Waals surface area contributed by atoms with Crippen LogP contribution in [0.25, 0.3) is 0 Å². The van der Waals surface area contributed by atoms with Crippen LogP contribution in [0, 0.1) is 0 Å². The third-order valence-corrected chi connectivity index (χ3v) is 1.81. The normalized spacial score (nSPS) is 12.9. The van der Waals surface area contributed by atoms with Crippen molar-refractivity contribution in [3.63, 3.8) is 0 Å². The summed E-state index contributed by atoms with van der Waals surface area (Å²) in [7, 11) is 0. The first-order valence-corrected chi connectivity index (χ1v) is 4.71. The average Bonchev–Trinajstić information content (AvgIpc) is 2.05. The smallest absolute Gasteiger partial charge is 0.0247 e. The summed E-state index contributed by atoms with van der Waals surface area (Å²) in [5.74, 6) is 0. The van der Waals surface area contributed by atoms with Gasteiger partial charge in [-0.15, -0.1) is 6.58 Å². The Balaban J connectivity index is 3.33. The molecule has 1 N–H and O–H groups in total. The van der Waals surface area contributed by atoms with Gasteiger partial charge >= 0.3 is 0 Å². The molecule has 0 aliphatic rings. The third kappa shape index (κ3) is 6.11. The van der Waals surface area contributed by atoms with Gasteiger partial charge < -0.3 is 5.32 Å². The van der Waals surface area contributed by atoms with E-state index in [0.717, 1.165) is 6.54 Å². The summed E-state index contributed by atoms with van der Waals surface area (Å²) in [4.78, 5) is 0. The van der Waals surface area contributed by atoms with Crippen LogP contribution in [0.3, 0.4) is 0 Å². The minimum Gasteiger partial charge on any atom is -0.311 e. The molecule has 0 saturated carbocycles. The second kappa shape index (κ2) is 7.80. The fraction of sp³-hybridized carbons (Fsp3) is 0.800. The standard InChI is InChI=1S/C10H21N/c1-4-7-8-10(6-3)11-9-5-2/h6,10-11H,3-5,7-9H2,1-2H3. The Hall–Kier alpha value is -0.300. The van der Waals surface area contributed by atoms with Gasteiger partial charge in [-0.1, -0.05) is 32.8 Å². The predicted molar refractivity (Wildman–Crippen MR) is 51.8 cm³/mol. The van der Waals surface area contributed by atoms with E-state index in [1.807, 2.05) is 6.08 Å². The molecule has 0 aliphatic carbocycles. The zero-order valence-corrected chi connectivity index (χ0v) is 7.90. The fourth-order valence-corrected chi connectivity index (χ4v) is 1.06. The molecule has 0 aromatic heterocycles. The molecule has 1 heteroatoms. The number of nitrogens with one attached hydrogen (secondary N) is 1. The van der Waals surface area contributed by atoms with E-state index >= 15 is 0 Å². The zero-order chi connectivity index (χ0) is 8.53. The van der Waals surface area contributed by atoms with Crippen LogP contribution in [0.1, 0.15) is 39.5 Å². The van der Waals surface area contributed by atoms with Crippen molar-refractivity contribution in [2.45, 2.75) is 45.6 Å². The van der Waals surface area contributed by atoms with Gasteiger partial charge in [-0.25, -0.2) is 0 Å². The minimum atomic E-state index is 0.537. The third-order valence-electron chi connectivity index (χ3n) is 1.81. The Labute approximate surface area is 70.9 Å². The van der Waals surface area contributed by atoms with Crippen molar-refractivity contribution in [2.75, 3.05) is 6.54 Å². The van der Waals surface area contributed by atoms with Gasteiger partial charge in [0.2, 0.25) is 0 Å². The maximum absolute atomic E-state index is 3.80. The lowest BCUT2D eigenvalue weighted by molar-refractivity contribution is 0.532. The molecular weight excluding hydrogens is 134 g/mol. The summed E-state index contributed by atoms with van der Waals surface area (Å²) < 4.78 is 0. The van der Waals surface area contributed by atoms with E-state index in [4.69, 9.17) is 0 Å². The molecule has 1 nitrogen and oxygen atoms in total. The van der Waals surface area contributed by atoms with Crippen molar-refractivity contribution >= 4 is 0 Å². The Morgan fingerprint density at radius 1 is 1.36 bits per heavy atom. The monoisotopic (exact) mass is 155 g/mol. The van der Waals surface area contributed by atoms with Crippen LogP contribution < -0.4 is 5.32 Å². The number of hydrogen-bond acceptors (Lipinski definition) is 1. The van der Waals surface area contributed by atoms with E-state index in [1.54, 1.807) is 0 Å². The molecular formula is C10H21N. The van der Waals surface area contributed by atoms with E-state index in [2.05, 4.69) is 25.7 Å². The first-order chi connectivity index (χ1) is 5.35. The van der Waals surface area contributed by atoms with Gasteiger partial charge in [-0.2, -0.15) is 0 Å². The highest BCUT2D eigenvalue weighted by molar-refractivity contribution is 4.84. The van der Waals surface area contributed by atoms with Crippen molar-refractivity contribution in [3.8, 4) is 0 Å². The summed E-state index contributed by atoms with van der Waals surface area (Å²) in [6.07, 6.45) is 7.04. The number of hydrogen-bond donors (Lipinski definition) is 1. The molecule has 0 saturated heterocycles. The van der Waals surface area contributed by atoms with E-state index in [1.165, 1.54) is 25.7 Å². The van der Waals surface area contributed by atoms with E-state index in [-0.39, 0.29) is 0 Å². The molecule has 1 unspecified atom stereocenters. The highest BCUT2D eigenvalue weighted by Gasteiger charge is 1.99. The molecule has 66 valence electrons. The molecule has 0 aliphatic heterocycles. The molecule has 0 fully saturated rings. The average molecular weight is 155 g/mol. The quantitative estimate of drug-likeness (QED) is 0.557. The molecule has 11 heavy (non-hydrogen) atoms. The maximum atomic E-state index is 3.80. The Morgan fingerprint density at radius 3 is 2.55 bits per heavy atom. The molecule has 0 rings (SSSR count). The summed E-state index contributed by atoms with van der Waals surface area (Å²) >= 11 is 0. The van der Waals surface area contributed by atoms with Crippen molar-refractivity contribution in [2.24, 2.45) is 0 Å². The summed E-state index contributed by atoms with van der Waals surface area (Å²) in [5.41, 5.74) is 0. The van der Waals surface area contributed by atoms with Gasteiger partial charge in [0.25, 0.3) is 0 Å². The largest absolute Gasteiger partial charge is 0.311 e. The topological polar surface area (TPSA) is 12.0 Å². The molecule has 0 bridgehead atoms. The van der Waals surface area contributed by atoms with Crippen LogP contribution in [0.4, 0.5) is 0 Å². The van der Waals surface area contributed by atoms with E-state index in [9.17, 15) is 0 Å². The maximum Gasteiger partial charge on any atom is 0.0247 e. The molecule has 0 aromatic carbocycles. The van der Waals surface area contributed by atoms with Crippen molar-refractivity contribution in [3.05, 3.63) is 12.7 Å². The lowest BCUT2D eigenvalue weighted by atomic mass is 10.1. The molecule has 0 amide bonds. The van der Waals surface area contributed by atoms with Crippen molar-refractivity contribution in [1.82, 2.24) is 5.32 Å². The summed E-state index contributed by atoms with van der Waals surface area (Å²) in [6, 6.07) is 0.537. The van der Waals surface area contributed by atoms with E-state index < -0.39 is 0 Å². The first kappa shape index (κ1) is 10.7. The number of rotatable bonds is 7. The zero-order valence-electron chi connectivity index (χ0n) is 7.90. The fourth-order valence-electron chi connectivity index (χ4n) is 1.06. The molecule has 0 radical (unpaired) electrons. The lowest BCUT2D eigenvalue weighted by Crippen LogP contribution is -2.27. The van der Waals surface area contributed by atoms with E-state index in [0.29, 0.717) is 6.04 Å². The second-order valence-corrected chi connectivity index (χ2v) is 2.94. The second-order valence-electron chi connectivity index (χ2n) is 2.94. The highest BCUT2D eigenvalue weighted by Crippen LogP contribution is 2.00. The van der Waals surface area contributed by atoms with Crippen LogP contribution in [0.5, 0.6) is 0 Å². The van der Waals surface area contributed by atoms with Crippen LogP contribution in [0.15, 0.2) is 12.7 Å².